The molecule has 0 amide bonds. The van der Waals surface area contributed by atoms with Gasteiger partial charge in [-0.3, -0.25) is 33.8 Å². The van der Waals surface area contributed by atoms with E-state index in [1.807, 2.05) is 0 Å². The average molecular weight is 413 g/mol. The normalized spacial score (nSPS) is 11.4. The monoisotopic (exact) mass is 413 g/mol. The van der Waals surface area contributed by atoms with Crippen LogP contribution in [0, 0.1) is 0 Å². The van der Waals surface area contributed by atoms with Crippen LogP contribution in [0.5, 0.6) is 0 Å². The molecule has 13 nitrogen and oxygen atoms in total. The van der Waals surface area contributed by atoms with Gasteiger partial charge in [-0.05, 0) is 0 Å². The third-order valence-electron chi connectivity index (χ3n) is 2.68. The molecular weight excluding hydrogens is 390 g/mol. The zero-order valence-corrected chi connectivity index (χ0v) is 15.1. The molecule has 0 aliphatic rings. The summed E-state index contributed by atoms with van der Waals surface area (Å²) in [7, 11) is 0. The van der Waals surface area contributed by atoms with E-state index in [9.17, 15) is 24.0 Å². The van der Waals surface area contributed by atoms with E-state index in [4.69, 9.17) is 31.3 Å². The Kier molecular flexibility index (Phi) is 14.6. The second kappa shape index (κ2) is 14.7. The van der Waals surface area contributed by atoms with Gasteiger partial charge >= 0.3 is 29.8 Å². The Bertz CT molecular complexity index is 462. The summed E-state index contributed by atoms with van der Waals surface area (Å²) in [6.45, 7) is -2.25. The van der Waals surface area contributed by atoms with Gasteiger partial charge in [0.25, 0.3) is 0 Å². The molecule has 0 radical (unpaired) electrons. The SMILES string of the molecule is NC(CS)C(=O)O.O=C(O)CN(CCN(CC(=O)O)CC(=O)O)CC(=O)O. The summed E-state index contributed by atoms with van der Waals surface area (Å²) in [6.07, 6.45) is 0. The lowest BCUT2D eigenvalue weighted by molar-refractivity contribution is -0.145. The molecule has 0 aliphatic carbocycles. The summed E-state index contributed by atoms with van der Waals surface area (Å²) in [5.74, 6) is -5.72. The maximum Gasteiger partial charge on any atom is 0.321 e. The first-order valence-electron chi connectivity index (χ1n) is 7.30. The molecule has 156 valence electrons. The molecule has 0 fully saturated rings. The maximum absolute atomic E-state index is 10.6. The van der Waals surface area contributed by atoms with Crippen molar-refractivity contribution in [3.05, 3.63) is 0 Å². The zero-order valence-electron chi connectivity index (χ0n) is 14.2. The molecule has 0 bridgehead atoms. The summed E-state index contributed by atoms with van der Waals surface area (Å²) >= 11 is 3.65. The molecule has 1 atom stereocenters. The Balaban J connectivity index is 0. The van der Waals surface area contributed by atoms with E-state index >= 15 is 0 Å². The van der Waals surface area contributed by atoms with Gasteiger partial charge in [0.15, 0.2) is 0 Å². The number of carbonyl (C=O) groups is 5. The third kappa shape index (κ3) is 18.2. The highest BCUT2D eigenvalue weighted by Gasteiger charge is 2.18. The molecule has 0 spiro atoms. The first kappa shape index (κ1) is 26.8. The molecule has 0 aromatic carbocycles. The fourth-order valence-corrected chi connectivity index (χ4v) is 1.71. The Hall–Kier alpha value is -2.42. The number of hydrogen-bond donors (Lipinski definition) is 7. The number of carboxylic acid groups (broad SMARTS) is 5. The fraction of sp³-hybridized carbons (Fsp3) is 0.615. The summed E-state index contributed by atoms with van der Waals surface area (Å²) in [6, 6.07) is -0.816. The minimum absolute atomic E-state index is 0.0703. The van der Waals surface area contributed by atoms with Crippen LogP contribution in [-0.2, 0) is 24.0 Å². The standard InChI is InChI=1S/C10H16N2O8.C3H7NO2S/c13-7(14)3-11(4-8(15)16)1-2-12(5-9(17)18)6-10(19)20;4-2(1-7)3(5)6/h1-6H2,(H,13,14)(H,15,16)(H,17,18)(H,19,20);2,7H,1,4H2,(H,5,6). The van der Waals surface area contributed by atoms with Crippen molar-refractivity contribution in [2.75, 3.05) is 45.0 Å². The van der Waals surface area contributed by atoms with Gasteiger partial charge in [-0.15, -0.1) is 0 Å². The molecule has 1 unspecified atom stereocenters. The molecule has 0 aliphatic heterocycles. The second-order valence-corrected chi connectivity index (χ2v) is 5.49. The summed E-state index contributed by atoms with van der Waals surface area (Å²) in [5, 5.41) is 42.5. The van der Waals surface area contributed by atoms with Crippen molar-refractivity contribution in [3.8, 4) is 0 Å². The minimum Gasteiger partial charge on any atom is -0.480 e. The van der Waals surface area contributed by atoms with Crippen molar-refractivity contribution in [2.24, 2.45) is 5.73 Å². The van der Waals surface area contributed by atoms with Gasteiger partial charge in [0, 0.05) is 18.8 Å². The lowest BCUT2D eigenvalue weighted by Gasteiger charge is -2.23. The zero-order chi connectivity index (χ0) is 21.6. The van der Waals surface area contributed by atoms with E-state index in [-0.39, 0.29) is 18.8 Å². The van der Waals surface area contributed by atoms with Gasteiger partial charge in [0.05, 0.1) is 26.2 Å². The quantitative estimate of drug-likeness (QED) is 0.152. The Morgan fingerprint density at radius 2 is 0.963 bits per heavy atom. The number of nitrogens with zero attached hydrogens (tertiary/aromatic N) is 2. The number of thiol groups is 1. The van der Waals surface area contributed by atoms with Crippen molar-refractivity contribution in [3.63, 3.8) is 0 Å². The van der Waals surface area contributed by atoms with Crippen molar-refractivity contribution in [1.29, 1.82) is 0 Å². The van der Waals surface area contributed by atoms with Crippen molar-refractivity contribution < 1.29 is 49.5 Å². The van der Waals surface area contributed by atoms with Gasteiger partial charge in [-0.25, -0.2) is 0 Å². The first-order valence-corrected chi connectivity index (χ1v) is 7.93. The summed E-state index contributed by atoms with van der Waals surface area (Å²) < 4.78 is 0. The molecular formula is C13H23N3O10S. The van der Waals surface area contributed by atoms with Crippen molar-refractivity contribution in [2.45, 2.75) is 6.04 Å². The van der Waals surface area contributed by atoms with Crippen LogP contribution >= 0.6 is 12.6 Å². The topological polar surface area (TPSA) is 219 Å². The van der Waals surface area contributed by atoms with Crippen LogP contribution in [0.1, 0.15) is 0 Å². The fourth-order valence-electron chi connectivity index (χ4n) is 1.55. The van der Waals surface area contributed by atoms with Crippen LogP contribution in [0.25, 0.3) is 0 Å². The number of carboxylic acids is 5. The van der Waals surface area contributed by atoms with Gasteiger partial charge < -0.3 is 31.3 Å². The van der Waals surface area contributed by atoms with Crippen LogP contribution in [0.3, 0.4) is 0 Å². The number of rotatable bonds is 13. The molecule has 0 saturated carbocycles. The van der Waals surface area contributed by atoms with E-state index in [0.29, 0.717) is 0 Å². The van der Waals surface area contributed by atoms with Crippen LogP contribution in [-0.4, -0.2) is 116 Å². The highest BCUT2D eigenvalue weighted by atomic mass is 32.1. The largest absolute Gasteiger partial charge is 0.480 e. The van der Waals surface area contributed by atoms with E-state index in [0.717, 1.165) is 9.80 Å². The molecule has 0 rings (SSSR count). The van der Waals surface area contributed by atoms with Crippen molar-refractivity contribution in [1.82, 2.24) is 9.80 Å². The third-order valence-corrected chi connectivity index (χ3v) is 3.08. The highest BCUT2D eigenvalue weighted by Crippen LogP contribution is 1.94. The van der Waals surface area contributed by atoms with E-state index in [1.165, 1.54) is 0 Å². The molecule has 0 aromatic heterocycles. The molecule has 27 heavy (non-hydrogen) atoms. The smallest absolute Gasteiger partial charge is 0.321 e. The van der Waals surface area contributed by atoms with Crippen molar-refractivity contribution >= 4 is 42.5 Å². The molecule has 0 saturated heterocycles. The van der Waals surface area contributed by atoms with Crippen LogP contribution < -0.4 is 5.73 Å². The van der Waals surface area contributed by atoms with Gasteiger partial charge in [-0.2, -0.15) is 12.6 Å². The number of hydrogen-bond acceptors (Lipinski definition) is 9. The minimum atomic E-state index is -1.23. The highest BCUT2D eigenvalue weighted by molar-refractivity contribution is 7.80. The van der Waals surface area contributed by atoms with Crippen LogP contribution in [0.15, 0.2) is 0 Å². The van der Waals surface area contributed by atoms with E-state index < -0.39 is 62.1 Å². The lowest BCUT2D eigenvalue weighted by Crippen LogP contribution is -2.43. The summed E-state index contributed by atoms with van der Waals surface area (Å²) in [5.41, 5.74) is 4.94. The van der Waals surface area contributed by atoms with Crippen LogP contribution in [0.2, 0.25) is 0 Å². The predicted octanol–water partition coefficient (Wildman–Crippen LogP) is -2.74. The van der Waals surface area contributed by atoms with E-state index in [2.05, 4.69) is 12.6 Å². The average Bonchev–Trinajstić information content (AvgIpc) is 2.49. The lowest BCUT2D eigenvalue weighted by atomic mass is 10.4. The molecule has 0 heterocycles. The van der Waals surface area contributed by atoms with Gasteiger partial charge in [-0.1, -0.05) is 0 Å². The summed E-state index contributed by atoms with van der Waals surface area (Å²) in [4.78, 5) is 54.1. The van der Waals surface area contributed by atoms with Crippen LogP contribution in [0.4, 0.5) is 0 Å². The van der Waals surface area contributed by atoms with Gasteiger partial charge in [0.2, 0.25) is 0 Å². The van der Waals surface area contributed by atoms with Gasteiger partial charge in [0.1, 0.15) is 6.04 Å². The Morgan fingerprint density at radius 1 is 0.704 bits per heavy atom. The first-order chi connectivity index (χ1) is 12.4. The Morgan fingerprint density at radius 3 is 1.07 bits per heavy atom. The number of aliphatic carboxylic acids is 5. The molecule has 7 N–H and O–H groups in total. The molecule has 14 heteroatoms. The van der Waals surface area contributed by atoms with E-state index in [1.54, 1.807) is 0 Å². The molecule has 0 aromatic rings. The number of nitrogens with two attached hydrogens (primary N) is 1. The maximum atomic E-state index is 10.6. The second-order valence-electron chi connectivity index (χ2n) is 5.12. The predicted molar refractivity (Wildman–Crippen MR) is 92.9 cm³/mol. The Labute approximate surface area is 159 Å².